The van der Waals surface area contributed by atoms with Crippen LogP contribution in [0.2, 0.25) is 0 Å². The van der Waals surface area contributed by atoms with Gasteiger partial charge in [0.15, 0.2) is 0 Å². The van der Waals surface area contributed by atoms with Crippen LogP contribution < -0.4 is 9.47 Å². The van der Waals surface area contributed by atoms with Crippen molar-refractivity contribution in [3.05, 3.63) is 22.2 Å². The van der Waals surface area contributed by atoms with Crippen LogP contribution in [0.1, 0.15) is 12.0 Å². The minimum atomic E-state index is 0.187. The summed E-state index contributed by atoms with van der Waals surface area (Å²) in [6.07, 6.45) is 1.53. The second-order valence-corrected chi connectivity index (χ2v) is 3.89. The average molecular weight is 275 g/mol. The predicted octanol–water partition coefficient (Wildman–Crippen LogP) is 2.39. The third-order valence-corrected chi connectivity index (χ3v) is 2.92. The fourth-order valence-electron chi connectivity index (χ4n) is 1.42. The molecule has 1 aromatic rings. The quantitative estimate of drug-likeness (QED) is 0.896. The standard InChI is InChI=1S/C11H15BrO3/c1-14-9-6-5-8(4-3-7-13)11(15-2)10(9)12/h5-6,13H,3-4,7H2,1-2H3. The Morgan fingerprint density at radius 1 is 1.27 bits per heavy atom. The Kier molecular flexibility index (Phi) is 4.91. The largest absolute Gasteiger partial charge is 0.495 e. The van der Waals surface area contributed by atoms with Gasteiger partial charge in [0.2, 0.25) is 0 Å². The van der Waals surface area contributed by atoms with E-state index in [0.29, 0.717) is 0 Å². The fraction of sp³-hybridized carbons (Fsp3) is 0.455. The van der Waals surface area contributed by atoms with Gasteiger partial charge in [-0.25, -0.2) is 0 Å². The second kappa shape index (κ2) is 5.98. The van der Waals surface area contributed by atoms with Crippen LogP contribution in [-0.2, 0) is 6.42 Å². The van der Waals surface area contributed by atoms with Gasteiger partial charge >= 0.3 is 0 Å². The third-order valence-electron chi connectivity index (χ3n) is 2.17. The first-order chi connectivity index (χ1) is 7.24. The van der Waals surface area contributed by atoms with E-state index in [1.165, 1.54) is 0 Å². The van der Waals surface area contributed by atoms with E-state index in [4.69, 9.17) is 14.6 Å². The van der Waals surface area contributed by atoms with Crippen LogP contribution in [0, 0.1) is 0 Å². The Balaban J connectivity index is 3.01. The Labute approximate surface area is 98.1 Å². The topological polar surface area (TPSA) is 38.7 Å². The van der Waals surface area contributed by atoms with E-state index in [2.05, 4.69) is 15.9 Å². The number of aliphatic hydroxyl groups excluding tert-OH is 1. The van der Waals surface area contributed by atoms with E-state index in [1.54, 1.807) is 14.2 Å². The molecule has 0 aromatic heterocycles. The molecule has 1 N–H and O–H groups in total. The van der Waals surface area contributed by atoms with Crippen LogP contribution in [0.25, 0.3) is 0 Å². The molecule has 1 aromatic carbocycles. The number of aryl methyl sites for hydroxylation is 1. The first-order valence-electron chi connectivity index (χ1n) is 4.74. The summed E-state index contributed by atoms with van der Waals surface area (Å²) < 4.78 is 11.3. The molecule has 0 bridgehead atoms. The van der Waals surface area contributed by atoms with Gasteiger partial charge in [-0.1, -0.05) is 6.07 Å². The highest BCUT2D eigenvalue weighted by molar-refractivity contribution is 9.10. The zero-order valence-corrected chi connectivity index (χ0v) is 10.5. The van der Waals surface area contributed by atoms with Gasteiger partial charge in [0.1, 0.15) is 16.0 Å². The fourth-order valence-corrected chi connectivity index (χ4v) is 2.13. The number of hydrogen-bond donors (Lipinski definition) is 1. The number of rotatable bonds is 5. The summed E-state index contributed by atoms with van der Waals surface area (Å²) in [6, 6.07) is 3.84. The molecular weight excluding hydrogens is 260 g/mol. The van der Waals surface area contributed by atoms with Gasteiger partial charge in [-0.3, -0.25) is 0 Å². The Morgan fingerprint density at radius 2 is 2.00 bits per heavy atom. The van der Waals surface area contributed by atoms with Crippen LogP contribution in [-0.4, -0.2) is 25.9 Å². The Bertz CT molecular complexity index is 326. The van der Waals surface area contributed by atoms with Crippen molar-refractivity contribution >= 4 is 15.9 Å². The van der Waals surface area contributed by atoms with Crippen LogP contribution in [0.3, 0.4) is 0 Å². The smallest absolute Gasteiger partial charge is 0.139 e. The van der Waals surface area contributed by atoms with Crippen LogP contribution in [0.4, 0.5) is 0 Å². The Morgan fingerprint density at radius 3 is 2.53 bits per heavy atom. The van der Waals surface area contributed by atoms with E-state index in [-0.39, 0.29) is 6.61 Å². The number of ether oxygens (including phenoxy) is 2. The molecule has 0 saturated heterocycles. The summed E-state index contributed by atoms with van der Waals surface area (Å²) in [5, 5.41) is 8.78. The lowest BCUT2D eigenvalue weighted by Crippen LogP contribution is -1.97. The number of methoxy groups -OCH3 is 2. The maximum atomic E-state index is 8.78. The zero-order valence-electron chi connectivity index (χ0n) is 8.92. The molecule has 0 fully saturated rings. The molecule has 1 rings (SSSR count). The van der Waals surface area contributed by atoms with E-state index < -0.39 is 0 Å². The molecule has 0 atom stereocenters. The second-order valence-electron chi connectivity index (χ2n) is 3.10. The SMILES string of the molecule is COc1ccc(CCCO)c(OC)c1Br. The van der Waals surface area contributed by atoms with Crippen LogP contribution in [0.15, 0.2) is 16.6 Å². The van der Waals surface area contributed by atoms with E-state index in [1.807, 2.05) is 12.1 Å². The Hall–Kier alpha value is -0.740. The normalized spacial score (nSPS) is 10.1. The number of halogens is 1. The van der Waals surface area contributed by atoms with Crippen molar-refractivity contribution in [1.82, 2.24) is 0 Å². The summed E-state index contributed by atoms with van der Waals surface area (Å²) >= 11 is 3.43. The first kappa shape index (κ1) is 12.3. The van der Waals surface area contributed by atoms with Gasteiger partial charge in [-0.2, -0.15) is 0 Å². The number of hydrogen-bond acceptors (Lipinski definition) is 3. The van der Waals surface area contributed by atoms with Crippen LogP contribution in [0.5, 0.6) is 11.5 Å². The summed E-state index contributed by atoms with van der Waals surface area (Å²) in [4.78, 5) is 0. The molecule has 0 saturated carbocycles. The predicted molar refractivity (Wildman–Crippen MR) is 62.7 cm³/mol. The molecule has 3 nitrogen and oxygen atoms in total. The maximum absolute atomic E-state index is 8.78. The molecule has 0 heterocycles. The minimum absolute atomic E-state index is 0.187. The molecule has 0 spiro atoms. The van der Waals surface area contributed by atoms with Crippen molar-refractivity contribution < 1.29 is 14.6 Å². The lowest BCUT2D eigenvalue weighted by molar-refractivity contribution is 0.287. The average Bonchev–Trinajstić information content (AvgIpc) is 2.26. The van der Waals surface area contributed by atoms with Crippen molar-refractivity contribution in [1.29, 1.82) is 0 Å². The number of aliphatic hydroxyl groups is 1. The van der Waals surface area contributed by atoms with E-state index >= 15 is 0 Å². The van der Waals surface area contributed by atoms with Gasteiger partial charge in [-0.05, 0) is 40.4 Å². The summed E-state index contributed by atoms with van der Waals surface area (Å²) in [6.45, 7) is 0.187. The maximum Gasteiger partial charge on any atom is 0.139 e. The molecule has 4 heteroatoms. The molecule has 0 unspecified atom stereocenters. The summed E-state index contributed by atoms with van der Waals surface area (Å²) in [7, 11) is 3.24. The van der Waals surface area contributed by atoms with Crippen molar-refractivity contribution in [2.24, 2.45) is 0 Å². The highest BCUT2D eigenvalue weighted by Gasteiger charge is 2.11. The van der Waals surface area contributed by atoms with Crippen molar-refractivity contribution in [2.75, 3.05) is 20.8 Å². The van der Waals surface area contributed by atoms with Gasteiger partial charge in [0.05, 0.1) is 14.2 Å². The molecule has 0 amide bonds. The molecular formula is C11H15BrO3. The lowest BCUT2D eigenvalue weighted by atomic mass is 10.1. The number of benzene rings is 1. The van der Waals surface area contributed by atoms with Crippen molar-refractivity contribution in [3.63, 3.8) is 0 Å². The molecule has 0 aliphatic rings. The summed E-state index contributed by atoms with van der Waals surface area (Å²) in [5.41, 5.74) is 1.07. The molecule has 84 valence electrons. The van der Waals surface area contributed by atoms with Crippen molar-refractivity contribution in [3.8, 4) is 11.5 Å². The first-order valence-corrected chi connectivity index (χ1v) is 5.54. The van der Waals surface area contributed by atoms with Gasteiger partial charge in [0, 0.05) is 6.61 Å². The zero-order chi connectivity index (χ0) is 11.3. The van der Waals surface area contributed by atoms with Gasteiger partial charge in [0.25, 0.3) is 0 Å². The van der Waals surface area contributed by atoms with Crippen LogP contribution >= 0.6 is 15.9 Å². The molecule has 0 radical (unpaired) electrons. The molecule has 15 heavy (non-hydrogen) atoms. The highest BCUT2D eigenvalue weighted by Crippen LogP contribution is 2.37. The monoisotopic (exact) mass is 274 g/mol. The van der Waals surface area contributed by atoms with E-state index in [0.717, 1.165) is 34.4 Å². The summed E-state index contributed by atoms with van der Waals surface area (Å²) in [5.74, 6) is 1.53. The van der Waals surface area contributed by atoms with Gasteiger partial charge < -0.3 is 14.6 Å². The third kappa shape index (κ3) is 2.86. The minimum Gasteiger partial charge on any atom is -0.495 e. The van der Waals surface area contributed by atoms with Gasteiger partial charge in [-0.15, -0.1) is 0 Å². The molecule has 0 aliphatic heterocycles. The lowest BCUT2D eigenvalue weighted by Gasteiger charge is -2.12. The highest BCUT2D eigenvalue weighted by atomic mass is 79.9. The van der Waals surface area contributed by atoms with E-state index in [9.17, 15) is 0 Å². The molecule has 0 aliphatic carbocycles. The van der Waals surface area contributed by atoms with Crippen molar-refractivity contribution in [2.45, 2.75) is 12.8 Å².